The van der Waals surface area contributed by atoms with Crippen LogP contribution in [-0.4, -0.2) is 54.8 Å². The lowest BCUT2D eigenvalue weighted by Crippen LogP contribution is -2.41. The van der Waals surface area contributed by atoms with E-state index in [-0.39, 0.29) is 11.3 Å². The quantitative estimate of drug-likeness (QED) is 0.816. The molecule has 2 heterocycles. The van der Waals surface area contributed by atoms with Crippen LogP contribution in [0, 0.1) is 0 Å². The van der Waals surface area contributed by atoms with Gasteiger partial charge in [-0.1, -0.05) is 6.42 Å². The van der Waals surface area contributed by atoms with Crippen molar-refractivity contribution in [2.45, 2.75) is 25.3 Å². The third-order valence-corrected chi connectivity index (χ3v) is 3.99. The molecule has 0 radical (unpaired) electrons. The van der Waals surface area contributed by atoms with Crippen molar-refractivity contribution < 1.29 is 4.74 Å². The van der Waals surface area contributed by atoms with E-state index in [9.17, 15) is 4.79 Å². The van der Waals surface area contributed by atoms with E-state index in [4.69, 9.17) is 4.74 Å². The first-order valence-corrected chi connectivity index (χ1v) is 7.06. The summed E-state index contributed by atoms with van der Waals surface area (Å²) in [5, 5.41) is 0. The normalized spacial score (nSPS) is 20.1. The van der Waals surface area contributed by atoms with Crippen LogP contribution < -0.4 is 15.2 Å². The number of methoxy groups -OCH3 is 1. The fourth-order valence-electron chi connectivity index (χ4n) is 2.67. The van der Waals surface area contributed by atoms with E-state index < -0.39 is 0 Å². The average molecular weight is 280 g/mol. The molecule has 0 amide bonds. The molecule has 1 aliphatic heterocycles. The Morgan fingerprint density at radius 2 is 2.15 bits per heavy atom. The third-order valence-electron chi connectivity index (χ3n) is 3.99. The molecule has 2 rings (SSSR count). The molecule has 112 valence electrons. The molecule has 0 unspecified atom stereocenters. The van der Waals surface area contributed by atoms with Gasteiger partial charge in [0.05, 0.1) is 13.3 Å². The van der Waals surface area contributed by atoms with Gasteiger partial charge in [-0.2, -0.15) is 0 Å². The van der Waals surface area contributed by atoms with E-state index in [2.05, 4.69) is 28.9 Å². The van der Waals surface area contributed by atoms with Crippen LogP contribution in [0.15, 0.2) is 11.0 Å². The SMILES string of the molecule is COc1cnc(N2CCCC[C@H](N(C)C)C2)n(C)c1=O. The smallest absolute Gasteiger partial charge is 0.297 e. The van der Waals surface area contributed by atoms with Gasteiger partial charge < -0.3 is 14.5 Å². The van der Waals surface area contributed by atoms with Gasteiger partial charge in [0, 0.05) is 26.2 Å². The molecule has 20 heavy (non-hydrogen) atoms. The van der Waals surface area contributed by atoms with Crippen molar-refractivity contribution in [2.24, 2.45) is 7.05 Å². The Hall–Kier alpha value is -1.56. The number of hydrogen-bond donors (Lipinski definition) is 0. The molecule has 0 N–H and O–H groups in total. The predicted octanol–water partition coefficient (Wildman–Crippen LogP) is 0.709. The zero-order valence-electron chi connectivity index (χ0n) is 12.8. The molecule has 0 spiro atoms. The Kier molecular flexibility index (Phi) is 4.65. The summed E-state index contributed by atoms with van der Waals surface area (Å²) < 4.78 is 6.61. The second-order valence-electron chi connectivity index (χ2n) is 5.55. The molecule has 0 aliphatic carbocycles. The minimum atomic E-state index is -0.136. The summed E-state index contributed by atoms with van der Waals surface area (Å²) in [6, 6.07) is 0.497. The minimum Gasteiger partial charge on any atom is -0.490 e. The molecule has 0 saturated carbocycles. The number of aromatic nitrogens is 2. The highest BCUT2D eigenvalue weighted by atomic mass is 16.5. The molecule has 6 nitrogen and oxygen atoms in total. The summed E-state index contributed by atoms with van der Waals surface area (Å²) in [6.07, 6.45) is 5.05. The van der Waals surface area contributed by atoms with Crippen molar-refractivity contribution in [3.8, 4) is 5.75 Å². The van der Waals surface area contributed by atoms with Crippen molar-refractivity contribution >= 4 is 5.95 Å². The van der Waals surface area contributed by atoms with Crippen LogP contribution in [0.25, 0.3) is 0 Å². The first kappa shape index (κ1) is 14.8. The van der Waals surface area contributed by atoms with E-state index in [1.165, 1.54) is 26.1 Å². The molecular formula is C14H24N4O2. The molecule has 1 aromatic heterocycles. The summed E-state index contributed by atoms with van der Waals surface area (Å²) >= 11 is 0. The first-order valence-electron chi connectivity index (χ1n) is 7.06. The standard InChI is InChI=1S/C14H24N4O2/c1-16(2)11-7-5-6-8-18(10-11)14-15-9-12(20-4)13(19)17(14)3/h9,11H,5-8,10H2,1-4H3/t11-/m0/s1. The van der Waals surface area contributed by atoms with Gasteiger partial charge in [0.25, 0.3) is 5.56 Å². The summed E-state index contributed by atoms with van der Waals surface area (Å²) in [7, 11) is 7.46. The Labute approximate surface area is 120 Å². The van der Waals surface area contributed by atoms with E-state index in [1.807, 2.05) is 0 Å². The van der Waals surface area contributed by atoms with E-state index in [0.717, 1.165) is 25.5 Å². The van der Waals surface area contributed by atoms with Gasteiger partial charge in [0.1, 0.15) is 0 Å². The largest absolute Gasteiger partial charge is 0.490 e. The maximum absolute atomic E-state index is 12.1. The highest BCUT2D eigenvalue weighted by Gasteiger charge is 2.22. The monoisotopic (exact) mass is 280 g/mol. The van der Waals surface area contributed by atoms with Gasteiger partial charge in [-0.05, 0) is 26.9 Å². The number of likely N-dealkylation sites (N-methyl/N-ethyl adjacent to an activating group) is 1. The fourth-order valence-corrected chi connectivity index (χ4v) is 2.67. The number of hydrogen-bond acceptors (Lipinski definition) is 5. The fraction of sp³-hybridized carbons (Fsp3) is 0.714. The van der Waals surface area contributed by atoms with Crippen LogP contribution in [0.1, 0.15) is 19.3 Å². The predicted molar refractivity (Wildman–Crippen MR) is 79.6 cm³/mol. The summed E-state index contributed by atoms with van der Waals surface area (Å²) in [5.74, 6) is 1.01. The van der Waals surface area contributed by atoms with Gasteiger partial charge in [-0.15, -0.1) is 0 Å². The zero-order chi connectivity index (χ0) is 14.7. The minimum absolute atomic E-state index is 0.136. The van der Waals surface area contributed by atoms with Crippen molar-refractivity contribution in [1.29, 1.82) is 0 Å². The second kappa shape index (κ2) is 6.26. The van der Waals surface area contributed by atoms with E-state index in [0.29, 0.717) is 6.04 Å². The van der Waals surface area contributed by atoms with Crippen LogP contribution in [0.5, 0.6) is 5.75 Å². The molecule has 0 aromatic carbocycles. The lowest BCUT2D eigenvalue weighted by molar-refractivity contribution is 0.285. The molecule has 1 atom stereocenters. The molecular weight excluding hydrogens is 256 g/mol. The van der Waals surface area contributed by atoms with Gasteiger partial charge in [-0.3, -0.25) is 9.36 Å². The van der Waals surface area contributed by atoms with Crippen LogP contribution in [-0.2, 0) is 7.05 Å². The van der Waals surface area contributed by atoms with Gasteiger partial charge >= 0.3 is 0 Å². The van der Waals surface area contributed by atoms with Crippen molar-refractivity contribution in [1.82, 2.24) is 14.5 Å². The molecule has 1 saturated heterocycles. The number of anilines is 1. The summed E-state index contributed by atoms with van der Waals surface area (Å²) in [4.78, 5) is 21.0. The molecule has 1 aromatic rings. The van der Waals surface area contributed by atoms with Gasteiger partial charge in [0.15, 0.2) is 0 Å². The van der Waals surface area contributed by atoms with E-state index in [1.54, 1.807) is 11.6 Å². The summed E-state index contributed by atoms with van der Waals surface area (Å²) in [6.45, 7) is 1.84. The Morgan fingerprint density at radius 1 is 1.40 bits per heavy atom. The molecule has 1 fully saturated rings. The summed E-state index contributed by atoms with van der Waals surface area (Å²) in [5.41, 5.74) is -0.136. The Balaban J connectivity index is 2.30. The topological polar surface area (TPSA) is 50.6 Å². The Morgan fingerprint density at radius 3 is 2.80 bits per heavy atom. The van der Waals surface area contributed by atoms with Gasteiger partial charge in [0.2, 0.25) is 11.7 Å². The third kappa shape index (κ3) is 2.95. The average Bonchev–Trinajstić information content (AvgIpc) is 2.67. The van der Waals surface area contributed by atoms with Crippen LogP contribution in [0.2, 0.25) is 0 Å². The molecule has 0 bridgehead atoms. The molecule has 6 heteroatoms. The van der Waals surface area contributed by atoms with Crippen LogP contribution >= 0.6 is 0 Å². The van der Waals surface area contributed by atoms with Crippen molar-refractivity contribution in [2.75, 3.05) is 39.2 Å². The van der Waals surface area contributed by atoms with Gasteiger partial charge in [-0.25, -0.2) is 4.98 Å². The van der Waals surface area contributed by atoms with Crippen molar-refractivity contribution in [3.63, 3.8) is 0 Å². The van der Waals surface area contributed by atoms with Crippen LogP contribution in [0.3, 0.4) is 0 Å². The zero-order valence-corrected chi connectivity index (χ0v) is 12.8. The highest BCUT2D eigenvalue weighted by molar-refractivity contribution is 5.34. The number of nitrogens with zero attached hydrogens (tertiary/aromatic N) is 4. The van der Waals surface area contributed by atoms with Crippen molar-refractivity contribution in [3.05, 3.63) is 16.6 Å². The number of ether oxygens (including phenoxy) is 1. The lowest BCUT2D eigenvalue weighted by Gasteiger charge is -2.30. The van der Waals surface area contributed by atoms with E-state index >= 15 is 0 Å². The highest BCUT2D eigenvalue weighted by Crippen LogP contribution is 2.19. The number of rotatable bonds is 3. The second-order valence-corrected chi connectivity index (χ2v) is 5.55. The lowest BCUT2D eigenvalue weighted by atomic mass is 10.1. The maximum Gasteiger partial charge on any atom is 0.297 e. The Bertz CT molecular complexity index is 512. The first-order chi connectivity index (χ1) is 9.54. The molecule has 1 aliphatic rings. The maximum atomic E-state index is 12.1. The van der Waals surface area contributed by atoms with Crippen LogP contribution in [0.4, 0.5) is 5.95 Å².